The summed E-state index contributed by atoms with van der Waals surface area (Å²) in [5.41, 5.74) is -0.802. The maximum atomic E-state index is 13.1. The molecule has 0 N–H and O–H groups in total. The highest BCUT2D eigenvalue weighted by Crippen LogP contribution is 2.38. The van der Waals surface area contributed by atoms with Crippen LogP contribution in [-0.2, 0) is 14.8 Å². The summed E-state index contributed by atoms with van der Waals surface area (Å²) in [6.45, 7) is 1.98. The number of benzene rings is 1. The Morgan fingerprint density at radius 3 is 2.56 bits per heavy atom. The number of hydrogen-bond acceptors (Lipinski definition) is 7. The molecule has 8 nitrogen and oxygen atoms in total. The Hall–Kier alpha value is -2.23. The van der Waals surface area contributed by atoms with Crippen LogP contribution in [0.2, 0.25) is 0 Å². The molecule has 2 aliphatic heterocycles. The summed E-state index contributed by atoms with van der Waals surface area (Å²) in [5, 5.41) is 0. The summed E-state index contributed by atoms with van der Waals surface area (Å²) >= 11 is 0. The summed E-state index contributed by atoms with van der Waals surface area (Å²) < 4.78 is 38.9. The second-order valence-corrected chi connectivity index (χ2v) is 8.43. The van der Waals surface area contributed by atoms with Crippen molar-refractivity contribution in [1.82, 2.24) is 14.3 Å². The Morgan fingerprint density at radius 2 is 1.85 bits per heavy atom. The molecular weight excluding hydrogens is 368 g/mol. The minimum atomic E-state index is -3.60. The molecule has 1 spiro atoms. The van der Waals surface area contributed by atoms with Gasteiger partial charge in [-0.15, -0.1) is 0 Å². The van der Waals surface area contributed by atoms with E-state index in [9.17, 15) is 8.42 Å². The Bertz CT molecular complexity index is 899. The highest BCUT2D eigenvalue weighted by molar-refractivity contribution is 7.89. The van der Waals surface area contributed by atoms with Gasteiger partial charge in [-0.2, -0.15) is 9.29 Å². The van der Waals surface area contributed by atoms with Crippen molar-refractivity contribution >= 4 is 16.0 Å². The largest absolute Gasteiger partial charge is 0.481 e. The Kier molecular flexibility index (Phi) is 4.75. The quantitative estimate of drug-likeness (QED) is 0.782. The predicted molar refractivity (Wildman–Crippen MR) is 99.0 cm³/mol. The first-order valence-corrected chi connectivity index (χ1v) is 10.3. The van der Waals surface area contributed by atoms with E-state index in [2.05, 4.69) is 9.97 Å². The molecule has 1 aromatic carbocycles. The molecule has 0 atom stereocenters. The van der Waals surface area contributed by atoms with Crippen LogP contribution >= 0.6 is 0 Å². The average Bonchev–Trinajstić information content (AvgIpc) is 3.13. The molecule has 2 saturated heterocycles. The molecular formula is C18H22N4O4S. The fourth-order valence-electron chi connectivity index (χ4n) is 3.70. The number of methoxy groups -OCH3 is 1. The highest BCUT2D eigenvalue weighted by atomic mass is 32.2. The molecule has 4 rings (SSSR count). The van der Waals surface area contributed by atoms with Crippen molar-refractivity contribution in [3.63, 3.8) is 0 Å². The van der Waals surface area contributed by atoms with E-state index in [1.807, 2.05) is 11.0 Å². The van der Waals surface area contributed by atoms with Crippen LogP contribution in [0.15, 0.2) is 47.5 Å². The zero-order valence-electron chi connectivity index (χ0n) is 15.1. The number of piperidine rings is 1. The monoisotopic (exact) mass is 390 g/mol. The Balaban J connectivity index is 1.54. The van der Waals surface area contributed by atoms with Gasteiger partial charge in [0.25, 0.3) is 0 Å². The Morgan fingerprint density at radius 1 is 1.11 bits per heavy atom. The van der Waals surface area contributed by atoms with Gasteiger partial charge < -0.3 is 14.4 Å². The van der Waals surface area contributed by atoms with Gasteiger partial charge in [0, 0.05) is 44.7 Å². The van der Waals surface area contributed by atoms with E-state index in [0.717, 1.165) is 0 Å². The van der Waals surface area contributed by atoms with Crippen LogP contribution in [0, 0.1) is 0 Å². The fourth-order valence-corrected chi connectivity index (χ4v) is 5.45. The molecule has 0 radical (unpaired) electrons. The number of hydrogen-bond donors (Lipinski definition) is 0. The normalized spacial score (nSPS) is 20.1. The number of nitrogens with zero attached hydrogens (tertiary/aromatic N) is 4. The van der Waals surface area contributed by atoms with Crippen molar-refractivity contribution in [2.24, 2.45) is 0 Å². The third kappa shape index (κ3) is 3.26. The van der Waals surface area contributed by atoms with Crippen LogP contribution in [0.5, 0.6) is 5.88 Å². The van der Waals surface area contributed by atoms with Gasteiger partial charge in [0.2, 0.25) is 21.9 Å². The zero-order chi connectivity index (χ0) is 18.9. The van der Waals surface area contributed by atoms with E-state index in [1.165, 1.54) is 4.31 Å². The van der Waals surface area contributed by atoms with Gasteiger partial charge in [-0.05, 0) is 12.1 Å². The first-order chi connectivity index (χ1) is 13.0. The summed E-state index contributed by atoms with van der Waals surface area (Å²) in [5.74, 6) is 1.09. The molecule has 3 heterocycles. The lowest BCUT2D eigenvalue weighted by Crippen LogP contribution is -2.55. The molecule has 1 aromatic heterocycles. The number of aromatic nitrogens is 2. The molecule has 0 aliphatic carbocycles. The van der Waals surface area contributed by atoms with Crippen molar-refractivity contribution < 1.29 is 17.9 Å². The number of rotatable bonds is 4. The van der Waals surface area contributed by atoms with Crippen LogP contribution < -0.4 is 9.64 Å². The third-order valence-corrected chi connectivity index (χ3v) is 7.07. The fraction of sp³-hybridized carbons (Fsp3) is 0.444. The summed E-state index contributed by atoms with van der Waals surface area (Å²) in [6, 6.07) is 10.2. The molecule has 144 valence electrons. The predicted octanol–water partition coefficient (Wildman–Crippen LogP) is 1.50. The molecule has 27 heavy (non-hydrogen) atoms. The van der Waals surface area contributed by atoms with Crippen molar-refractivity contribution in [2.45, 2.75) is 23.5 Å². The van der Waals surface area contributed by atoms with E-state index in [0.29, 0.717) is 55.8 Å². The van der Waals surface area contributed by atoms with E-state index < -0.39 is 15.7 Å². The molecule has 0 saturated carbocycles. The smallest absolute Gasteiger partial charge is 0.245 e. The van der Waals surface area contributed by atoms with Crippen molar-refractivity contribution in [3.05, 3.63) is 42.6 Å². The van der Waals surface area contributed by atoms with Gasteiger partial charge in [0.05, 0.1) is 18.6 Å². The summed E-state index contributed by atoms with van der Waals surface area (Å²) in [7, 11) is -2.04. The molecule has 0 unspecified atom stereocenters. The number of sulfonamides is 1. The van der Waals surface area contributed by atoms with Gasteiger partial charge in [-0.25, -0.2) is 13.4 Å². The maximum absolute atomic E-state index is 13.1. The second kappa shape index (κ2) is 7.06. The minimum Gasteiger partial charge on any atom is -0.481 e. The number of anilines is 1. The Labute approximate surface area is 158 Å². The molecule has 9 heteroatoms. The van der Waals surface area contributed by atoms with Crippen LogP contribution in [0.4, 0.5) is 5.95 Å². The first kappa shape index (κ1) is 18.1. The number of ether oxygens (including phenoxy) is 2. The summed E-state index contributed by atoms with van der Waals surface area (Å²) in [4.78, 5) is 11.0. The van der Waals surface area contributed by atoms with Crippen molar-refractivity contribution in [1.29, 1.82) is 0 Å². The first-order valence-electron chi connectivity index (χ1n) is 8.89. The lowest BCUT2D eigenvalue weighted by molar-refractivity contribution is -0.0665. The molecule has 0 bridgehead atoms. The maximum Gasteiger partial charge on any atom is 0.245 e. The molecule has 2 aliphatic rings. The second-order valence-electron chi connectivity index (χ2n) is 6.57. The lowest BCUT2D eigenvalue weighted by Gasteiger charge is -2.42. The topological polar surface area (TPSA) is 84.9 Å². The standard InChI is InChI=1S/C18H22N4O4S/c1-25-16-7-10-19-17(20-16)21-11-8-18(9-12-21)22(13-14-26-18)27(23,24)15-5-3-2-4-6-15/h2-7,10H,8-9,11-14H2,1H3. The van der Waals surface area contributed by atoms with Crippen LogP contribution in [-0.4, -0.2) is 61.8 Å². The summed E-state index contributed by atoms with van der Waals surface area (Å²) in [6.07, 6.45) is 2.77. The third-order valence-electron chi connectivity index (χ3n) is 5.10. The minimum absolute atomic E-state index is 0.299. The molecule has 0 amide bonds. The van der Waals surface area contributed by atoms with Gasteiger partial charge in [0.15, 0.2) is 0 Å². The molecule has 2 fully saturated rings. The van der Waals surface area contributed by atoms with Gasteiger partial charge in [-0.1, -0.05) is 18.2 Å². The van der Waals surface area contributed by atoms with Gasteiger partial charge in [0.1, 0.15) is 5.72 Å². The zero-order valence-corrected chi connectivity index (χ0v) is 15.9. The molecule has 2 aromatic rings. The van der Waals surface area contributed by atoms with E-state index in [4.69, 9.17) is 9.47 Å². The highest BCUT2D eigenvalue weighted by Gasteiger charge is 2.50. The van der Waals surface area contributed by atoms with Crippen LogP contribution in [0.25, 0.3) is 0 Å². The van der Waals surface area contributed by atoms with Crippen LogP contribution in [0.3, 0.4) is 0 Å². The van der Waals surface area contributed by atoms with Crippen LogP contribution in [0.1, 0.15) is 12.8 Å². The average molecular weight is 390 g/mol. The lowest BCUT2D eigenvalue weighted by atomic mass is 10.0. The van der Waals surface area contributed by atoms with Crippen molar-refractivity contribution in [2.75, 3.05) is 38.3 Å². The van der Waals surface area contributed by atoms with E-state index in [-0.39, 0.29) is 0 Å². The van der Waals surface area contributed by atoms with Crippen molar-refractivity contribution in [3.8, 4) is 5.88 Å². The van der Waals surface area contributed by atoms with E-state index in [1.54, 1.807) is 43.6 Å². The SMILES string of the molecule is COc1ccnc(N2CCC3(CC2)OCCN3S(=O)(=O)c2ccccc2)n1. The van der Waals surface area contributed by atoms with Gasteiger partial charge in [-0.3, -0.25) is 0 Å². The van der Waals surface area contributed by atoms with E-state index >= 15 is 0 Å². The van der Waals surface area contributed by atoms with Gasteiger partial charge >= 0.3 is 0 Å².